The third-order valence-corrected chi connectivity index (χ3v) is 7.68. The smallest absolute Gasteiger partial charge is 0.335 e. The van der Waals surface area contributed by atoms with Gasteiger partial charge in [-0.15, -0.1) is 0 Å². The van der Waals surface area contributed by atoms with Gasteiger partial charge in [0.25, 0.3) is 0 Å². The van der Waals surface area contributed by atoms with Gasteiger partial charge in [-0.25, -0.2) is 14.6 Å². The number of aromatic carboxylic acids is 1. The van der Waals surface area contributed by atoms with E-state index in [1.165, 1.54) is 0 Å². The maximum Gasteiger partial charge on any atom is 0.335 e. The van der Waals surface area contributed by atoms with Crippen LogP contribution in [0.2, 0.25) is 5.02 Å². The largest absolute Gasteiger partial charge is 0.478 e. The summed E-state index contributed by atoms with van der Waals surface area (Å²) in [6.07, 6.45) is 6.06. The number of nitrogens with one attached hydrogen (secondary N) is 1. The number of carbonyl (C=O) groups excluding carboxylic acids is 1. The van der Waals surface area contributed by atoms with E-state index in [1.807, 2.05) is 66.7 Å². The van der Waals surface area contributed by atoms with Gasteiger partial charge >= 0.3 is 11.9 Å². The zero-order valence-electron chi connectivity index (χ0n) is 22.7. The van der Waals surface area contributed by atoms with Crippen LogP contribution in [0, 0.1) is 0 Å². The standard InChI is InChI=1S/C34H29ClN2O5/c35-25-15-12-23-13-17-26(36-31(23)20-25)16-11-21-5-3-7-24(19-21)30(18-14-22-6-1-2-8-27(22)33(39)40)37-32(38)28-9-4-10-29(28)34(41)42/h1-3,5-8,11-13,15-17,19-20,30H,4,9-10,14,18H2,(H,37,38)(H,39,40)(H,41,42)/b16-11+. The number of halogens is 1. The van der Waals surface area contributed by atoms with Gasteiger partial charge in [0.1, 0.15) is 0 Å². The second-order valence-corrected chi connectivity index (χ2v) is 10.7. The van der Waals surface area contributed by atoms with Crippen LogP contribution in [-0.4, -0.2) is 33.0 Å². The van der Waals surface area contributed by atoms with Crippen LogP contribution >= 0.6 is 11.6 Å². The molecule has 0 fully saturated rings. The first-order chi connectivity index (χ1) is 20.3. The number of rotatable bonds is 10. The first-order valence-corrected chi connectivity index (χ1v) is 14.1. The van der Waals surface area contributed by atoms with E-state index in [0.717, 1.165) is 27.7 Å². The molecule has 0 saturated heterocycles. The van der Waals surface area contributed by atoms with E-state index in [0.29, 0.717) is 48.3 Å². The molecule has 5 rings (SSSR count). The molecule has 3 N–H and O–H groups in total. The highest BCUT2D eigenvalue weighted by molar-refractivity contribution is 6.31. The number of amides is 1. The van der Waals surface area contributed by atoms with Crippen molar-refractivity contribution in [2.45, 2.75) is 38.1 Å². The number of hydrogen-bond donors (Lipinski definition) is 3. The number of carboxylic acids is 2. The highest BCUT2D eigenvalue weighted by atomic mass is 35.5. The quantitative estimate of drug-likeness (QED) is 0.184. The minimum Gasteiger partial charge on any atom is -0.478 e. The Morgan fingerprint density at radius 3 is 2.48 bits per heavy atom. The number of benzene rings is 3. The Bertz CT molecular complexity index is 1740. The molecule has 1 atom stereocenters. The van der Waals surface area contributed by atoms with E-state index in [2.05, 4.69) is 10.3 Å². The fourth-order valence-electron chi connectivity index (χ4n) is 5.30. The van der Waals surface area contributed by atoms with Crippen molar-refractivity contribution in [3.8, 4) is 0 Å². The molecule has 212 valence electrons. The Balaban J connectivity index is 1.42. The van der Waals surface area contributed by atoms with Crippen LogP contribution in [0.4, 0.5) is 0 Å². The number of carbonyl (C=O) groups is 3. The van der Waals surface area contributed by atoms with Crippen molar-refractivity contribution in [3.63, 3.8) is 0 Å². The first kappa shape index (κ1) is 28.8. The molecule has 0 aliphatic heterocycles. The number of pyridine rings is 1. The number of hydrogen-bond acceptors (Lipinski definition) is 4. The van der Waals surface area contributed by atoms with Gasteiger partial charge in [0.05, 0.1) is 22.8 Å². The van der Waals surface area contributed by atoms with Crippen molar-refractivity contribution in [2.75, 3.05) is 0 Å². The highest BCUT2D eigenvalue weighted by Gasteiger charge is 2.27. The van der Waals surface area contributed by atoms with Crippen molar-refractivity contribution in [1.82, 2.24) is 10.3 Å². The number of aromatic nitrogens is 1. The summed E-state index contributed by atoms with van der Waals surface area (Å²) >= 11 is 6.13. The molecule has 1 amide bonds. The molecule has 7 nitrogen and oxygen atoms in total. The van der Waals surface area contributed by atoms with Gasteiger partial charge in [0.15, 0.2) is 0 Å². The fourth-order valence-corrected chi connectivity index (χ4v) is 5.47. The second-order valence-electron chi connectivity index (χ2n) is 10.2. The van der Waals surface area contributed by atoms with E-state index < -0.39 is 23.9 Å². The SMILES string of the molecule is O=C(O)C1=C(C(=O)NC(CCc2ccccc2C(=O)O)c2cccc(/C=C/c3ccc4ccc(Cl)cc4n3)c2)CCC1. The number of nitrogens with zero attached hydrogens (tertiary/aromatic N) is 1. The molecule has 0 bridgehead atoms. The van der Waals surface area contributed by atoms with Gasteiger partial charge in [-0.1, -0.05) is 66.2 Å². The number of carboxylic acid groups (broad SMARTS) is 2. The molecule has 8 heteroatoms. The van der Waals surface area contributed by atoms with E-state index in [9.17, 15) is 24.6 Å². The number of aryl methyl sites for hydroxylation is 1. The minimum absolute atomic E-state index is 0.156. The summed E-state index contributed by atoms with van der Waals surface area (Å²) < 4.78 is 0. The van der Waals surface area contributed by atoms with Crippen LogP contribution in [-0.2, 0) is 16.0 Å². The van der Waals surface area contributed by atoms with Crippen molar-refractivity contribution < 1.29 is 24.6 Å². The summed E-state index contributed by atoms with van der Waals surface area (Å²) in [7, 11) is 0. The molecule has 1 aliphatic rings. The second kappa shape index (κ2) is 12.8. The van der Waals surface area contributed by atoms with Crippen molar-refractivity contribution >= 4 is 52.5 Å². The Morgan fingerprint density at radius 1 is 0.881 bits per heavy atom. The zero-order valence-corrected chi connectivity index (χ0v) is 23.5. The molecule has 42 heavy (non-hydrogen) atoms. The molecule has 0 spiro atoms. The lowest BCUT2D eigenvalue weighted by atomic mass is 9.94. The van der Waals surface area contributed by atoms with Gasteiger partial charge in [0.2, 0.25) is 5.91 Å². The highest BCUT2D eigenvalue weighted by Crippen LogP contribution is 2.29. The molecule has 0 saturated carbocycles. The average Bonchev–Trinajstić information content (AvgIpc) is 3.49. The van der Waals surface area contributed by atoms with E-state index in [-0.39, 0.29) is 11.1 Å². The summed E-state index contributed by atoms with van der Waals surface area (Å²) in [6.45, 7) is 0. The van der Waals surface area contributed by atoms with Crippen molar-refractivity contribution in [2.24, 2.45) is 0 Å². The number of fused-ring (bicyclic) bond motifs is 1. The summed E-state index contributed by atoms with van der Waals surface area (Å²) in [4.78, 5) is 41.4. The lowest BCUT2D eigenvalue weighted by Crippen LogP contribution is -2.31. The molecule has 1 aromatic heterocycles. The van der Waals surface area contributed by atoms with Gasteiger partial charge in [-0.2, -0.15) is 0 Å². The van der Waals surface area contributed by atoms with Crippen molar-refractivity contribution in [3.05, 3.63) is 123 Å². The summed E-state index contributed by atoms with van der Waals surface area (Å²) in [6, 6.07) is 23.5. The van der Waals surface area contributed by atoms with E-state index in [4.69, 9.17) is 11.6 Å². The van der Waals surface area contributed by atoms with Gasteiger partial charge in [-0.3, -0.25) is 4.79 Å². The Labute approximate surface area is 248 Å². The fraction of sp³-hybridized carbons (Fsp3) is 0.176. The maximum absolute atomic E-state index is 13.3. The molecule has 1 aliphatic carbocycles. The molecule has 4 aromatic rings. The topological polar surface area (TPSA) is 117 Å². The Morgan fingerprint density at radius 2 is 1.67 bits per heavy atom. The summed E-state index contributed by atoms with van der Waals surface area (Å²) in [5, 5.41) is 23.9. The van der Waals surface area contributed by atoms with Crippen LogP contribution in [0.1, 0.15) is 64.5 Å². The normalized spacial score (nSPS) is 13.9. The predicted octanol–water partition coefficient (Wildman–Crippen LogP) is 7.11. The first-order valence-electron chi connectivity index (χ1n) is 13.7. The Kier molecular flexibility index (Phi) is 8.79. The molecular weight excluding hydrogens is 552 g/mol. The van der Waals surface area contributed by atoms with Gasteiger partial charge in [-0.05, 0) is 85.2 Å². The monoisotopic (exact) mass is 580 g/mol. The summed E-state index contributed by atoms with van der Waals surface area (Å²) in [5.41, 5.74) is 4.61. The molecule has 1 unspecified atom stereocenters. The number of aliphatic carboxylic acids is 1. The lowest BCUT2D eigenvalue weighted by molar-refractivity contribution is -0.133. The zero-order chi connectivity index (χ0) is 29.6. The van der Waals surface area contributed by atoms with Crippen LogP contribution in [0.5, 0.6) is 0 Å². The minimum atomic E-state index is -1.07. The van der Waals surface area contributed by atoms with E-state index in [1.54, 1.807) is 24.3 Å². The predicted molar refractivity (Wildman–Crippen MR) is 163 cm³/mol. The van der Waals surface area contributed by atoms with Crippen LogP contribution in [0.3, 0.4) is 0 Å². The van der Waals surface area contributed by atoms with E-state index >= 15 is 0 Å². The Hall–Kier alpha value is -4.75. The molecule has 0 radical (unpaired) electrons. The molecule has 3 aromatic carbocycles. The molecular formula is C34H29ClN2O5. The lowest BCUT2D eigenvalue weighted by Gasteiger charge is -2.21. The maximum atomic E-state index is 13.3. The summed E-state index contributed by atoms with van der Waals surface area (Å²) in [5.74, 6) is -2.48. The average molecular weight is 581 g/mol. The van der Waals surface area contributed by atoms with Crippen LogP contribution < -0.4 is 5.32 Å². The van der Waals surface area contributed by atoms with Crippen LogP contribution in [0.15, 0.2) is 90.0 Å². The van der Waals surface area contributed by atoms with Crippen LogP contribution in [0.25, 0.3) is 23.1 Å². The third kappa shape index (κ3) is 6.75. The third-order valence-electron chi connectivity index (χ3n) is 7.44. The molecule has 1 heterocycles. The van der Waals surface area contributed by atoms with Gasteiger partial charge in [0, 0.05) is 21.6 Å². The van der Waals surface area contributed by atoms with Gasteiger partial charge < -0.3 is 15.5 Å². The van der Waals surface area contributed by atoms with Crippen molar-refractivity contribution in [1.29, 1.82) is 0 Å².